The molecule has 0 amide bonds. The molecule has 7 heteroatoms. The molecule has 0 saturated carbocycles. The van der Waals surface area contributed by atoms with Crippen LogP contribution in [0.2, 0.25) is 0 Å². The van der Waals surface area contributed by atoms with Gasteiger partial charge in [-0.3, -0.25) is 10.1 Å². The molecule has 0 aromatic heterocycles. The molecule has 1 aromatic carbocycles. The molecule has 20 heavy (non-hydrogen) atoms. The van der Waals surface area contributed by atoms with Gasteiger partial charge in [0, 0.05) is 6.54 Å². The summed E-state index contributed by atoms with van der Waals surface area (Å²) < 4.78 is 5.43. The van der Waals surface area contributed by atoms with Gasteiger partial charge in [-0.05, 0) is 25.2 Å². The number of carboxylic acids is 1. The Morgan fingerprint density at radius 3 is 2.55 bits per heavy atom. The zero-order chi connectivity index (χ0) is 15.1. The molecule has 0 unspecified atom stereocenters. The smallest absolute Gasteiger partial charge is 0.342 e. The van der Waals surface area contributed by atoms with Crippen LogP contribution >= 0.6 is 0 Å². The highest BCUT2D eigenvalue weighted by Gasteiger charge is 2.20. The van der Waals surface area contributed by atoms with E-state index in [0.717, 1.165) is 19.2 Å². The lowest BCUT2D eigenvalue weighted by Crippen LogP contribution is -2.27. The van der Waals surface area contributed by atoms with Crippen LogP contribution in [-0.2, 0) is 0 Å². The number of likely N-dealkylation sites (N-methyl/N-ethyl adjacent to an activating group) is 1. The zero-order valence-corrected chi connectivity index (χ0v) is 11.5. The van der Waals surface area contributed by atoms with E-state index in [9.17, 15) is 14.9 Å². The first-order chi connectivity index (χ1) is 9.49. The predicted octanol–water partition coefficient (Wildman–Crippen LogP) is 2.01. The lowest BCUT2D eigenvalue weighted by atomic mass is 10.2. The van der Waals surface area contributed by atoms with Gasteiger partial charge < -0.3 is 14.7 Å². The maximum Gasteiger partial charge on any atom is 0.342 e. The van der Waals surface area contributed by atoms with E-state index in [1.54, 1.807) is 0 Å². The number of hydrogen-bond donors (Lipinski definition) is 1. The molecule has 7 nitrogen and oxygen atoms in total. The summed E-state index contributed by atoms with van der Waals surface area (Å²) in [6, 6.07) is 3.76. The zero-order valence-electron chi connectivity index (χ0n) is 11.5. The molecule has 0 atom stereocenters. The van der Waals surface area contributed by atoms with Crippen molar-refractivity contribution < 1.29 is 19.6 Å². The standard InChI is InChI=1S/C13H18N2O5/c1-3-14(4-2)7-8-20-10-5-6-11(13(16)17)12(9-10)15(18)19/h5-6,9H,3-4,7-8H2,1-2H3,(H,16,17). The van der Waals surface area contributed by atoms with E-state index in [0.29, 0.717) is 18.9 Å². The van der Waals surface area contributed by atoms with E-state index in [1.807, 2.05) is 13.8 Å². The second kappa shape index (κ2) is 7.44. The van der Waals surface area contributed by atoms with Gasteiger partial charge in [-0.1, -0.05) is 13.8 Å². The number of carboxylic acid groups (broad SMARTS) is 1. The van der Waals surface area contributed by atoms with Crippen LogP contribution in [0.1, 0.15) is 24.2 Å². The van der Waals surface area contributed by atoms with Crippen molar-refractivity contribution in [3.8, 4) is 5.75 Å². The van der Waals surface area contributed by atoms with Crippen LogP contribution in [0.15, 0.2) is 18.2 Å². The molecule has 0 heterocycles. The summed E-state index contributed by atoms with van der Waals surface area (Å²) in [5.41, 5.74) is -0.802. The lowest BCUT2D eigenvalue weighted by molar-refractivity contribution is -0.385. The molecule has 0 radical (unpaired) electrons. The summed E-state index contributed by atoms with van der Waals surface area (Å²) in [4.78, 5) is 23.1. The molecule has 1 rings (SSSR count). The maximum atomic E-state index is 10.9. The Morgan fingerprint density at radius 1 is 1.40 bits per heavy atom. The van der Waals surface area contributed by atoms with Gasteiger partial charge in [0.05, 0.1) is 11.0 Å². The number of hydrogen-bond acceptors (Lipinski definition) is 5. The van der Waals surface area contributed by atoms with Crippen LogP contribution in [0.5, 0.6) is 5.75 Å². The third-order valence-corrected chi connectivity index (χ3v) is 2.97. The summed E-state index contributed by atoms with van der Waals surface area (Å²) in [6.07, 6.45) is 0. The van der Waals surface area contributed by atoms with E-state index in [-0.39, 0.29) is 5.56 Å². The third-order valence-electron chi connectivity index (χ3n) is 2.97. The van der Waals surface area contributed by atoms with Crippen molar-refractivity contribution >= 4 is 11.7 Å². The Morgan fingerprint density at radius 2 is 2.05 bits per heavy atom. The average Bonchev–Trinajstić information content (AvgIpc) is 2.43. The van der Waals surface area contributed by atoms with Crippen molar-refractivity contribution in [2.45, 2.75) is 13.8 Å². The average molecular weight is 282 g/mol. The number of benzene rings is 1. The molecule has 110 valence electrons. The summed E-state index contributed by atoms with van der Waals surface area (Å²) in [7, 11) is 0. The largest absolute Gasteiger partial charge is 0.492 e. The van der Waals surface area contributed by atoms with E-state index < -0.39 is 16.6 Å². The monoisotopic (exact) mass is 282 g/mol. The highest BCUT2D eigenvalue weighted by atomic mass is 16.6. The molecular formula is C13H18N2O5. The number of aromatic carboxylic acids is 1. The van der Waals surface area contributed by atoms with Crippen molar-refractivity contribution in [3.63, 3.8) is 0 Å². The van der Waals surface area contributed by atoms with Crippen LogP contribution < -0.4 is 4.74 Å². The molecule has 0 spiro atoms. The molecule has 1 aromatic rings. The number of ether oxygens (including phenoxy) is 1. The summed E-state index contributed by atoms with van der Waals surface area (Å²) in [5, 5.41) is 19.7. The van der Waals surface area contributed by atoms with Crippen molar-refractivity contribution in [1.82, 2.24) is 4.90 Å². The van der Waals surface area contributed by atoms with Gasteiger partial charge in [0.25, 0.3) is 5.69 Å². The van der Waals surface area contributed by atoms with Crippen molar-refractivity contribution in [1.29, 1.82) is 0 Å². The second-order valence-electron chi connectivity index (χ2n) is 4.12. The SMILES string of the molecule is CCN(CC)CCOc1ccc(C(=O)O)c([N+](=O)[O-])c1. The minimum Gasteiger partial charge on any atom is -0.492 e. The number of rotatable bonds is 8. The highest BCUT2D eigenvalue weighted by Crippen LogP contribution is 2.24. The van der Waals surface area contributed by atoms with Gasteiger partial charge in [-0.2, -0.15) is 0 Å². The van der Waals surface area contributed by atoms with Gasteiger partial charge in [0.2, 0.25) is 0 Å². The lowest BCUT2D eigenvalue weighted by Gasteiger charge is -2.17. The highest BCUT2D eigenvalue weighted by molar-refractivity contribution is 5.92. The first-order valence-electron chi connectivity index (χ1n) is 6.36. The van der Waals surface area contributed by atoms with E-state index in [2.05, 4.69) is 4.90 Å². The summed E-state index contributed by atoms with van der Waals surface area (Å²) in [6.45, 7) is 6.98. The summed E-state index contributed by atoms with van der Waals surface area (Å²) in [5.74, 6) is -1.03. The van der Waals surface area contributed by atoms with Crippen LogP contribution in [0, 0.1) is 10.1 Å². The van der Waals surface area contributed by atoms with Crippen LogP contribution in [0.4, 0.5) is 5.69 Å². The number of nitro groups is 1. The Labute approximate surface area is 116 Å². The number of nitrogens with zero attached hydrogens (tertiary/aromatic N) is 2. The first-order valence-corrected chi connectivity index (χ1v) is 6.36. The molecule has 0 aliphatic heterocycles. The topological polar surface area (TPSA) is 92.9 Å². The molecular weight excluding hydrogens is 264 g/mol. The Hall–Kier alpha value is -2.15. The Balaban J connectivity index is 2.75. The van der Waals surface area contributed by atoms with Gasteiger partial charge in [0.1, 0.15) is 17.9 Å². The van der Waals surface area contributed by atoms with E-state index in [1.165, 1.54) is 12.1 Å². The van der Waals surface area contributed by atoms with Gasteiger partial charge in [-0.25, -0.2) is 4.79 Å². The second-order valence-corrected chi connectivity index (χ2v) is 4.12. The van der Waals surface area contributed by atoms with Crippen LogP contribution in [-0.4, -0.2) is 47.1 Å². The Bertz CT molecular complexity index is 486. The molecule has 0 aliphatic rings. The number of nitro benzene ring substituents is 1. The predicted molar refractivity (Wildman–Crippen MR) is 73.3 cm³/mol. The summed E-state index contributed by atoms with van der Waals surface area (Å²) >= 11 is 0. The van der Waals surface area contributed by atoms with E-state index in [4.69, 9.17) is 9.84 Å². The fourth-order valence-corrected chi connectivity index (χ4v) is 1.77. The van der Waals surface area contributed by atoms with Crippen molar-refractivity contribution in [2.75, 3.05) is 26.2 Å². The molecule has 0 bridgehead atoms. The third kappa shape index (κ3) is 4.20. The van der Waals surface area contributed by atoms with Crippen LogP contribution in [0.25, 0.3) is 0 Å². The van der Waals surface area contributed by atoms with Crippen molar-refractivity contribution in [3.05, 3.63) is 33.9 Å². The fourth-order valence-electron chi connectivity index (χ4n) is 1.77. The molecule has 0 fully saturated rings. The molecule has 0 saturated heterocycles. The minimum atomic E-state index is -1.33. The van der Waals surface area contributed by atoms with Crippen LogP contribution in [0.3, 0.4) is 0 Å². The molecule has 1 N–H and O–H groups in total. The van der Waals surface area contributed by atoms with Gasteiger partial charge >= 0.3 is 5.97 Å². The fraction of sp³-hybridized carbons (Fsp3) is 0.462. The molecule has 0 aliphatic carbocycles. The first kappa shape index (κ1) is 15.9. The number of carbonyl (C=O) groups is 1. The van der Waals surface area contributed by atoms with Gasteiger partial charge in [0.15, 0.2) is 0 Å². The Kier molecular flexibility index (Phi) is 5.92. The normalized spacial score (nSPS) is 10.6. The maximum absolute atomic E-state index is 10.9. The minimum absolute atomic E-state index is 0.300. The quantitative estimate of drug-likeness (QED) is 0.579. The van der Waals surface area contributed by atoms with E-state index >= 15 is 0 Å². The van der Waals surface area contributed by atoms with Gasteiger partial charge in [-0.15, -0.1) is 0 Å². The van der Waals surface area contributed by atoms with Crippen molar-refractivity contribution in [2.24, 2.45) is 0 Å².